The molecule has 37 heavy (non-hydrogen) atoms. The maximum Gasteiger partial charge on any atom is 0.310 e. The summed E-state index contributed by atoms with van der Waals surface area (Å²) in [6, 6.07) is 2.34. The van der Waals surface area contributed by atoms with Gasteiger partial charge in [-0.15, -0.1) is 0 Å². The number of nitrogens with two attached hydrogens (primary N) is 1. The summed E-state index contributed by atoms with van der Waals surface area (Å²) in [4.78, 5) is 53.7. The van der Waals surface area contributed by atoms with E-state index in [1.807, 2.05) is 20.8 Å². The lowest BCUT2D eigenvalue weighted by Crippen LogP contribution is -2.59. The van der Waals surface area contributed by atoms with Crippen LogP contribution in [0.3, 0.4) is 0 Å². The number of ether oxygens (including phenoxy) is 2. The Hall–Kier alpha value is -2.85. The van der Waals surface area contributed by atoms with Gasteiger partial charge < -0.3 is 30.7 Å². The Morgan fingerprint density at radius 2 is 1.97 bits per heavy atom. The zero-order valence-corrected chi connectivity index (χ0v) is 22.6. The normalized spacial score (nSPS) is 22.5. The molecule has 0 radical (unpaired) electrons. The molecule has 0 bridgehead atoms. The number of halogens is 1. The van der Waals surface area contributed by atoms with Crippen molar-refractivity contribution in [2.75, 3.05) is 18.9 Å². The van der Waals surface area contributed by atoms with Gasteiger partial charge >= 0.3 is 5.97 Å². The number of nitrogens with one attached hydrogen (secondary N) is 2. The molecular weight excluding hydrogens is 500 g/mol. The van der Waals surface area contributed by atoms with Crippen LogP contribution < -0.4 is 16.4 Å². The molecule has 4 N–H and O–H groups in total. The summed E-state index contributed by atoms with van der Waals surface area (Å²) in [5, 5.41) is 6.00. The van der Waals surface area contributed by atoms with Gasteiger partial charge in [0.15, 0.2) is 0 Å². The average Bonchev–Trinajstić information content (AvgIpc) is 3.50. The molecule has 2 aliphatic rings. The minimum Gasteiger partial charge on any atom is -0.433 e. The highest BCUT2D eigenvalue weighted by Gasteiger charge is 2.45. The van der Waals surface area contributed by atoms with E-state index in [-0.39, 0.29) is 28.8 Å². The van der Waals surface area contributed by atoms with E-state index in [9.17, 15) is 19.2 Å². The van der Waals surface area contributed by atoms with E-state index in [2.05, 4.69) is 10.6 Å². The van der Waals surface area contributed by atoms with Crippen molar-refractivity contribution >= 4 is 41.0 Å². The highest BCUT2D eigenvalue weighted by molar-refractivity contribution is 6.33. The number of esters is 1. The third kappa shape index (κ3) is 6.35. The highest BCUT2D eigenvalue weighted by atomic mass is 35.5. The van der Waals surface area contributed by atoms with Crippen LogP contribution in [-0.4, -0.2) is 66.2 Å². The average molecular weight is 537 g/mol. The smallest absolute Gasteiger partial charge is 0.310 e. The van der Waals surface area contributed by atoms with Crippen molar-refractivity contribution in [3.8, 4) is 0 Å². The summed E-state index contributed by atoms with van der Waals surface area (Å²) in [5.74, 6) is -1.59. The minimum atomic E-state index is -0.868. The molecule has 0 unspecified atom stereocenters. The molecule has 2 fully saturated rings. The van der Waals surface area contributed by atoms with Gasteiger partial charge in [0.05, 0.1) is 17.1 Å². The molecule has 2 saturated heterocycles. The molecule has 0 spiro atoms. The Balaban J connectivity index is 1.81. The van der Waals surface area contributed by atoms with Gasteiger partial charge in [0, 0.05) is 18.7 Å². The Bertz CT molecular complexity index is 1030. The number of nitrogens with zero attached hydrogens (tertiary/aromatic N) is 1. The largest absolute Gasteiger partial charge is 0.433 e. The van der Waals surface area contributed by atoms with Crippen LogP contribution in [0, 0.1) is 5.41 Å². The lowest BCUT2D eigenvalue weighted by atomic mass is 9.76. The predicted octanol–water partition coefficient (Wildman–Crippen LogP) is 2.63. The third-order valence-corrected chi connectivity index (χ3v) is 7.88. The fraction of sp³-hybridized carbons (Fsp3) is 0.615. The summed E-state index contributed by atoms with van der Waals surface area (Å²) in [6.07, 6.45) is 1.53. The van der Waals surface area contributed by atoms with Crippen molar-refractivity contribution < 1.29 is 28.7 Å². The van der Waals surface area contributed by atoms with E-state index in [0.29, 0.717) is 44.5 Å². The lowest BCUT2D eigenvalue weighted by molar-refractivity contribution is -0.164. The van der Waals surface area contributed by atoms with E-state index in [1.165, 1.54) is 11.0 Å². The van der Waals surface area contributed by atoms with Crippen LogP contribution in [0.25, 0.3) is 0 Å². The van der Waals surface area contributed by atoms with Gasteiger partial charge in [0.25, 0.3) is 5.91 Å². The topological polar surface area (TPSA) is 140 Å². The predicted molar refractivity (Wildman–Crippen MR) is 139 cm³/mol. The maximum atomic E-state index is 14.0. The molecule has 4 atom stereocenters. The monoisotopic (exact) mass is 536 g/mol. The standard InChI is InChI=1S/C26H37ClN4O6/c1-5-26(4,6-2)21(30-22(33)15-10-11-17(28)16(27)13-15)24(35)31-12-8-9-19(31)23(34)29-18-14-20(32)37-25(18)36-7-3/h10-11,13,18-19,21,25H,5-9,12,14,28H2,1-4H3,(H,29,34)(H,30,33)/t18-,19-,21+,25+/m0/s1. The summed E-state index contributed by atoms with van der Waals surface area (Å²) in [5.41, 5.74) is 5.85. The first kappa shape index (κ1) is 28.7. The van der Waals surface area contributed by atoms with Crippen molar-refractivity contribution in [3.63, 3.8) is 0 Å². The van der Waals surface area contributed by atoms with Crippen molar-refractivity contribution in [2.45, 2.75) is 84.2 Å². The quantitative estimate of drug-likeness (QED) is 0.308. The molecule has 204 valence electrons. The molecule has 11 heteroatoms. The van der Waals surface area contributed by atoms with E-state index in [0.717, 1.165) is 0 Å². The summed E-state index contributed by atoms with van der Waals surface area (Å²) in [6.45, 7) is 8.37. The maximum absolute atomic E-state index is 14.0. The zero-order chi connectivity index (χ0) is 27.3. The van der Waals surface area contributed by atoms with Gasteiger partial charge in [-0.05, 0) is 56.2 Å². The van der Waals surface area contributed by atoms with Crippen LogP contribution in [0.4, 0.5) is 5.69 Å². The Morgan fingerprint density at radius 1 is 1.27 bits per heavy atom. The van der Waals surface area contributed by atoms with E-state index < -0.39 is 41.7 Å². The number of benzene rings is 1. The van der Waals surface area contributed by atoms with Crippen LogP contribution in [-0.2, 0) is 23.9 Å². The Labute approximate surface area is 222 Å². The van der Waals surface area contributed by atoms with Crippen LogP contribution in [0.1, 0.15) is 70.2 Å². The summed E-state index contributed by atoms with van der Waals surface area (Å²) < 4.78 is 10.6. The number of rotatable bonds is 10. The molecule has 2 aliphatic heterocycles. The number of anilines is 1. The van der Waals surface area contributed by atoms with Crippen LogP contribution in [0.5, 0.6) is 0 Å². The van der Waals surface area contributed by atoms with Gasteiger partial charge in [0.1, 0.15) is 18.1 Å². The van der Waals surface area contributed by atoms with Gasteiger partial charge in [-0.1, -0.05) is 32.4 Å². The Morgan fingerprint density at radius 3 is 2.59 bits per heavy atom. The molecule has 1 aromatic rings. The number of hydrogen-bond donors (Lipinski definition) is 3. The first-order valence-electron chi connectivity index (χ1n) is 12.8. The van der Waals surface area contributed by atoms with Gasteiger partial charge in [-0.2, -0.15) is 0 Å². The number of likely N-dealkylation sites (tertiary alicyclic amines) is 1. The number of carbonyl (C=O) groups is 4. The number of cyclic esters (lactones) is 1. The van der Waals surface area contributed by atoms with Crippen molar-refractivity contribution in [1.29, 1.82) is 0 Å². The molecule has 0 saturated carbocycles. The van der Waals surface area contributed by atoms with Crippen LogP contribution in [0.15, 0.2) is 18.2 Å². The fourth-order valence-electron chi connectivity index (χ4n) is 4.79. The second-order valence-corrected chi connectivity index (χ2v) is 10.2. The van der Waals surface area contributed by atoms with Gasteiger partial charge in [0.2, 0.25) is 18.1 Å². The number of carbonyl (C=O) groups excluding carboxylic acids is 4. The molecule has 0 aromatic heterocycles. The van der Waals surface area contributed by atoms with E-state index in [1.54, 1.807) is 19.1 Å². The SMILES string of the molecule is CCO[C@@H]1OC(=O)C[C@@H]1NC(=O)[C@@H]1CCCN1C(=O)[C@@H](NC(=O)c1ccc(N)c(Cl)c1)C(C)(CC)CC. The van der Waals surface area contributed by atoms with Crippen LogP contribution >= 0.6 is 11.6 Å². The van der Waals surface area contributed by atoms with Crippen molar-refractivity contribution in [3.05, 3.63) is 28.8 Å². The summed E-state index contributed by atoms with van der Waals surface area (Å²) >= 11 is 6.10. The minimum absolute atomic E-state index is 0.00362. The van der Waals surface area contributed by atoms with Gasteiger partial charge in [-0.25, -0.2) is 0 Å². The number of nitrogen functional groups attached to an aromatic ring is 1. The molecule has 1 aromatic carbocycles. The van der Waals surface area contributed by atoms with Crippen LogP contribution in [0.2, 0.25) is 5.02 Å². The third-order valence-electron chi connectivity index (χ3n) is 7.56. The molecule has 10 nitrogen and oxygen atoms in total. The van der Waals surface area contributed by atoms with E-state index >= 15 is 0 Å². The summed E-state index contributed by atoms with van der Waals surface area (Å²) in [7, 11) is 0. The number of amides is 3. The second kappa shape index (κ2) is 12.1. The molecule has 0 aliphatic carbocycles. The van der Waals surface area contributed by atoms with Crippen molar-refractivity contribution in [1.82, 2.24) is 15.5 Å². The first-order chi connectivity index (χ1) is 17.5. The van der Waals surface area contributed by atoms with Crippen molar-refractivity contribution in [2.24, 2.45) is 5.41 Å². The molecular formula is C26H37ClN4O6. The first-order valence-corrected chi connectivity index (χ1v) is 13.2. The fourth-order valence-corrected chi connectivity index (χ4v) is 4.97. The molecule has 3 rings (SSSR count). The number of hydrogen-bond acceptors (Lipinski definition) is 7. The van der Waals surface area contributed by atoms with E-state index in [4.69, 9.17) is 26.8 Å². The Kier molecular flexibility index (Phi) is 9.41. The zero-order valence-electron chi connectivity index (χ0n) is 21.8. The molecule has 3 amide bonds. The highest BCUT2D eigenvalue weighted by Crippen LogP contribution is 2.33. The lowest BCUT2D eigenvalue weighted by Gasteiger charge is -2.39. The van der Waals surface area contributed by atoms with Gasteiger partial charge in [-0.3, -0.25) is 19.2 Å². The molecule has 2 heterocycles. The second-order valence-electron chi connectivity index (χ2n) is 9.83.